The minimum atomic E-state index is -0.306. The van der Waals surface area contributed by atoms with E-state index in [2.05, 4.69) is 31.8 Å². The van der Waals surface area contributed by atoms with Gasteiger partial charge in [0.25, 0.3) is 0 Å². The first kappa shape index (κ1) is 16.1. The van der Waals surface area contributed by atoms with E-state index in [4.69, 9.17) is 0 Å². The second-order valence-corrected chi connectivity index (χ2v) is 6.38. The number of H-pyrrole nitrogens is 1. The summed E-state index contributed by atoms with van der Waals surface area (Å²) in [5, 5.41) is 10.3. The van der Waals surface area contributed by atoms with E-state index in [9.17, 15) is 5.11 Å². The number of nitrogens with zero attached hydrogens (tertiary/aromatic N) is 4. The molecule has 23 heavy (non-hydrogen) atoms. The van der Waals surface area contributed by atoms with Crippen LogP contribution in [0.15, 0.2) is 24.8 Å². The maximum atomic E-state index is 10.3. The molecule has 2 N–H and O–H groups in total. The topological polar surface area (TPSA) is 77.9 Å². The van der Waals surface area contributed by atoms with Crippen molar-refractivity contribution >= 4 is 0 Å². The van der Waals surface area contributed by atoms with Gasteiger partial charge in [0.15, 0.2) is 0 Å². The van der Waals surface area contributed by atoms with Gasteiger partial charge in [-0.1, -0.05) is 13.3 Å². The number of aryl methyl sites for hydroxylation is 1. The van der Waals surface area contributed by atoms with E-state index in [0.717, 1.165) is 49.6 Å². The molecule has 6 nitrogen and oxygen atoms in total. The zero-order chi connectivity index (χ0) is 16.1. The fourth-order valence-corrected chi connectivity index (χ4v) is 3.17. The first-order chi connectivity index (χ1) is 11.2. The fraction of sp³-hybridized carbons (Fsp3) is 0.588. The predicted octanol–water partition coefficient (Wildman–Crippen LogP) is 1.58. The second-order valence-electron chi connectivity index (χ2n) is 6.38. The first-order valence-electron chi connectivity index (χ1n) is 8.42. The van der Waals surface area contributed by atoms with Crippen LogP contribution in [0.3, 0.4) is 0 Å². The Hall–Kier alpha value is -1.79. The van der Waals surface area contributed by atoms with Crippen molar-refractivity contribution in [2.75, 3.05) is 13.1 Å². The summed E-state index contributed by atoms with van der Waals surface area (Å²) in [5.74, 6) is 1.28. The molecule has 2 aromatic heterocycles. The summed E-state index contributed by atoms with van der Waals surface area (Å²) in [4.78, 5) is 18.5. The smallest absolute Gasteiger partial charge is 0.106 e. The van der Waals surface area contributed by atoms with E-state index in [1.165, 1.54) is 6.42 Å². The summed E-state index contributed by atoms with van der Waals surface area (Å²) >= 11 is 0. The van der Waals surface area contributed by atoms with Gasteiger partial charge in [-0.15, -0.1) is 0 Å². The third-order valence-corrected chi connectivity index (χ3v) is 4.41. The molecule has 2 atom stereocenters. The minimum absolute atomic E-state index is 0.217. The molecule has 1 aliphatic heterocycles. The Morgan fingerprint density at radius 2 is 2.17 bits per heavy atom. The number of hydrogen-bond donors (Lipinski definition) is 2. The molecule has 0 amide bonds. The van der Waals surface area contributed by atoms with Gasteiger partial charge in [0, 0.05) is 62.5 Å². The van der Waals surface area contributed by atoms with Crippen molar-refractivity contribution in [1.82, 2.24) is 24.8 Å². The summed E-state index contributed by atoms with van der Waals surface area (Å²) in [6.07, 6.45) is 10.9. The molecule has 1 fully saturated rings. The zero-order valence-electron chi connectivity index (χ0n) is 13.6. The number of aromatic amines is 1. The normalized spacial score (nSPS) is 21.8. The molecule has 0 saturated carbocycles. The Bertz CT molecular complexity index is 600. The summed E-state index contributed by atoms with van der Waals surface area (Å²) in [5.41, 5.74) is 2.07. The Kier molecular flexibility index (Phi) is 5.35. The number of hydrogen-bond acceptors (Lipinski definition) is 5. The van der Waals surface area contributed by atoms with Crippen LogP contribution in [0.1, 0.15) is 37.0 Å². The van der Waals surface area contributed by atoms with Gasteiger partial charge in [-0.3, -0.25) is 14.9 Å². The second kappa shape index (κ2) is 7.66. The average Bonchev–Trinajstić information content (AvgIpc) is 3.14. The lowest BCUT2D eigenvalue weighted by atomic mass is 10.0. The van der Waals surface area contributed by atoms with Crippen molar-refractivity contribution in [2.45, 2.75) is 45.3 Å². The molecule has 3 heterocycles. The van der Waals surface area contributed by atoms with Crippen LogP contribution in [0.5, 0.6) is 0 Å². The third kappa shape index (κ3) is 4.36. The van der Waals surface area contributed by atoms with Crippen LogP contribution in [0.4, 0.5) is 0 Å². The quantitative estimate of drug-likeness (QED) is 0.811. The van der Waals surface area contributed by atoms with Crippen LogP contribution in [0.2, 0.25) is 0 Å². The van der Waals surface area contributed by atoms with E-state index in [0.29, 0.717) is 6.54 Å². The highest BCUT2D eigenvalue weighted by atomic mass is 16.3. The van der Waals surface area contributed by atoms with Crippen molar-refractivity contribution in [1.29, 1.82) is 0 Å². The molecule has 1 aliphatic rings. The molecule has 0 spiro atoms. The molecule has 1 saturated heterocycles. The molecule has 0 bridgehead atoms. The molecule has 0 aliphatic carbocycles. The van der Waals surface area contributed by atoms with Gasteiger partial charge < -0.3 is 10.1 Å². The van der Waals surface area contributed by atoms with Gasteiger partial charge >= 0.3 is 0 Å². The number of aromatic nitrogens is 4. The van der Waals surface area contributed by atoms with Gasteiger partial charge in [-0.25, -0.2) is 4.98 Å². The van der Waals surface area contributed by atoms with Gasteiger partial charge in [0.1, 0.15) is 5.82 Å². The summed E-state index contributed by atoms with van der Waals surface area (Å²) in [6, 6.07) is 0. The monoisotopic (exact) mass is 315 g/mol. The number of β-amino-alcohol motifs (C(OH)–C–C–N with tert-alkyl or cyclic N) is 1. The number of unbranched alkanes of at least 4 members (excludes halogenated alkanes) is 1. The average molecular weight is 315 g/mol. The molecule has 0 unspecified atom stereocenters. The first-order valence-corrected chi connectivity index (χ1v) is 8.42. The van der Waals surface area contributed by atoms with E-state index in [1.54, 1.807) is 18.6 Å². The van der Waals surface area contributed by atoms with Crippen LogP contribution >= 0.6 is 0 Å². The largest absolute Gasteiger partial charge is 0.391 e. The maximum Gasteiger partial charge on any atom is 0.106 e. The van der Waals surface area contributed by atoms with Crippen LogP contribution in [-0.4, -0.2) is 49.1 Å². The predicted molar refractivity (Wildman–Crippen MR) is 87.7 cm³/mol. The number of rotatable bonds is 7. The number of nitrogens with one attached hydrogen (secondary N) is 1. The minimum Gasteiger partial charge on any atom is -0.391 e. The Morgan fingerprint density at radius 1 is 1.26 bits per heavy atom. The molecule has 6 heteroatoms. The van der Waals surface area contributed by atoms with E-state index in [1.807, 2.05) is 6.20 Å². The molecule has 124 valence electrons. The number of aliphatic hydroxyl groups excluding tert-OH is 1. The molecule has 2 aromatic rings. The SMILES string of the molecule is CCCCc1ncc(CN2C[C@@H](Cc3cnccn3)[C@H](O)C2)[nH]1. The molecule has 0 aromatic carbocycles. The number of likely N-dealkylation sites (tertiary alicyclic amines) is 1. The summed E-state index contributed by atoms with van der Waals surface area (Å²) in [6.45, 7) is 4.58. The summed E-state index contributed by atoms with van der Waals surface area (Å²) in [7, 11) is 0. The van der Waals surface area contributed by atoms with E-state index < -0.39 is 0 Å². The van der Waals surface area contributed by atoms with Gasteiger partial charge in [-0.2, -0.15) is 0 Å². The fourth-order valence-electron chi connectivity index (χ4n) is 3.17. The van der Waals surface area contributed by atoms with E-state index in [-0.39, 0.29) is 12.0 Å². The molecule has 0 radical (unpaired) electrons. The van der Waals surface area contributed by atoms with Crippen molar-refractivity contribution in [3.63, 3.8) is 0 Å². The number of aliphatic hydroxyl groups is 1. The third-order valence-electron chi connectivity index (χ3n) is 4.41. The molecular formula is C17H25N5O. The van der Waals surface area contributed by atoms with Crippen molar-refractivity contribution < 1.29 is 5.11 Å². The standard InChI is InChI=1S/C17H25N5O/c1-2-3-4-17-20-9-15(21-17)11-22-10-13(16(23)12-22)7-14-8-18-5-6-19-14/h5-6,8-9,13,16,23H,2-4,7,10-12H2,1H3,(H,20,21)/t13-,16-/m1/s1. The van der Waals surface area contributed by atoms with Crippen LogP contribution in [0, 0.1) is 5.92 Å². The van der Waals surface area contributed by atoms with Gasteiger partial charge in [-0.05, 0) is 12.8 Å². The lowest BCUT2D eigenvalue weighted by Crippen LogP contribution is -2.21. The Morgan fingerprint density at radius 3 is 2.96 bits per heavy atom. The van der Waals surface area contributed by atoms with Crippen LogP contribution in [0.25, 0.3) is 0 Å². The van der Waals surface area contributed by atoms with Crippen molar-refractivity contribution in [3.05, 3.63) is 42.0 Å². The Labute approximate surface area is 137 Å². The highest BCUT2D eigenvalue weighted by Crippen LogP contribution is 2.22. The summed E-state index contributed by atoms with van der Waals surface area (Å²) < 4.78 is 0. The highest BCUT2D eigenvalue weighted by Gasteiger charge is 2.31. The van der Waals surface area contributed by atoms with Crippen LogP contribution < -0.4 is 0 Å². The number of imidazole rings is 1. The lowest BCUT2D eigenvalue weighted by molar-refractivity contribution is 0.140. The maximum absolute atomic E-state index is 10.3. The molecular weight excluding hydrogens is 290 g/mol. The highest BCUT2D eigenvalue weighted by molar-refractivity contribution is 5.04. The van der Waals surface area contributed by atoms with Gasteiger partial charge in [0.2, 0.25) is 0 Å². The molecule has 3 rings (SSSR count). The van der Waals surface area contributed by atoms with Crippen molar-refractivity contribution in [2.24, 2.45) is 5.92 Å². The van der Waals surface area contributed by atoms with Crippen molar-refractivity contribution in [3.8, 4) is 0 Å². The van der Waals surface area contributed by atoms with Gasteiger partial charge in [0.05, 0.1) is 11.8 Å². The van der Waals surface area contributed by atoms with E-state index >= 15 is 0 Å². The lowest BCUT2D eigenvalue weighted by Gasteiger charge is -2.14. The van der Waals surface area contributed by atoms with Crippen LogP contribution in [-0.2, 0) is 19.4 Å². The Balaban J connectivity index is 1.53. The zero-order valence-corrected chi connectivity index (χ0v) is 13.6.